The van der Waals surface area contributed by atoms with Crippen molar-refractivity contribution in [2.24, 2.45) is 0 Å². The zero-order chi connectivity index (χ0) is 37.0. The van der Waals surface area contributed by atoms with E-state index in [-0.39, 0.29) is 23.0 Å². The molecule has 0 bridgehead atoms. The Labute approximate surface area is 315 Å². The lowest BCUT2D eigenvalue weighted by Crippen LogP contribution is -2.59. The number of nitrogens with zero attached hydrogens (tertiary/aromatic N) is 1. The Hall–Kier alpha value is -5.28. The van der Waals surface area contributed by atoms with Crippen LogP contribution in [-0.4, -0.2) is 6.71 Å². The van der Waals surface area contributed by atoms with E-state index in [2.05, 4.69) is 195 Å². The van der Waals surface area contributed by atoms with Crippen LogP contribution in [0.25, 0.3) is 32.7 Å². The zero-order valence-corrected chi connectivity index (χ0v) is 32.6. The molecule has 2 nitrogen and oxygen atoms in total. The van der Waals surface area contributed by atoms with E-state index in [0.717, 1.165) is 11.5 Å². The lowest BCUT2D eigenvalue weighted by molar-refractivity contribution is 0.479. The van der Waals surface area contributed by atoms with Gasteiger partial charge in [-0.25, -0.2) is 0 Å². The van der Waals surface area contributed by atoms with Crippen LogP contribution in [-0.2, 0) is 16.2 Å². The monoisotopic (exact) mass is 689 g/mol. The van der Waals surface area contributed by atoms with Gasteiger partial charge >= 0.3 is 0 Å². The maximum absolute atomic E-state index is 7.10. The van der Waals surface area contributed by atoms with Crippen LogP contribution in [0.4, 0.5) is 17.1 Å². The smallest absolute Gasteiger partial charge is 0.256 e. The Kier molecular flexibility index (Phi) is 7.35. The van der Waals surface area contributed by atoms with Gasteiger partial charge in [-0.15, -0.1) is 0 Å². The van der Waals surface area contributed by atoms with Gasteiger partial charge in [0.15, 0.2) is 0 Å². The highest BCUT2D eigenvalue weighted by molar-refractivity contribution is 6.99. The summed E-state index contributed by atoms with van der Waals surface area (Å²) in [4.78, 5) is 2.60. The molecule has 7 aromatic carbocycles. The van der Waals surface area contributed by atoms with Crippen molar-refractivity contribution in [2.45, 2.75) is 78.6 Å². The Morgan fingerprint density at radius 1 is 0.453 bits per heavy atom. The quantitative estimate of drug-likeness (QED) is 0.132. The molecule has 0 saturated heterocycles. The maximum atomic E-state index is 7.10. The third-order valence-corrected chi connectivity index (χ3v) is 11.6. The first kappa shape index (κ1) is 33.6. The fourth-order valence-corrected chi connectivity index (χ4v) is 8.61. The molecule has 0 aromatic heterocycles. The molecular weight excluding hydrogens is 641 g/mol. The van der Waals surface area contributed by atoms with Crippen molar-refractivity contribution in [1.82, 2.24) is 0 Å². The van der Waals surface area contributed by atoms with Gasteiger partial charge in [0.05, 0.1) is 5.69 Å². The first-order valence-electron chi connectivity index (χ1n) is 19.1. The molecule has 262 valence electrons. The van der Waals surface area contributed by atoms with Crippen LogP contribution in [0.5, 0.6) is 11.5 Å². The van der Waals surface area contributed by atoms with E-state index in [4.69, 9.17) is 4.74 Å². The fraction of sp³-hybridized carbons (Fsp3) is 0.240. The molecule has 2 aliphatic heterocycles. The molecule has 0 atom stereocenters. The number of benzene rings is 7. The van der Waals surface area contributed by atoms with Gasteiger partial charge in [-0.3, -0.25) is 0 Å². The van der Waals surface area contributed by atoms with Crippen LogP contribution < -0.4 is 26.0 Å². The summed E-state index contributed by atoms with van der Waals surface area (Å²) in [7, 11) is 0. The number of hydrogen-bond acceptors (Lipinski definition) is 2. The summed E-state index contributed by atoms with van der Waals surface area (Å²) in [6.07, 6.45) is 0. The van der Waals surface area contributed by atoms with Gasteiger partial charge < -0.3 is 9.64 Å². The van der Waals surface area contributed by atoms with E-state index in [9.17, 15) is 0 Å². The summed E-state index contributed by atoms with van der Waals surface area (Å²) in [6, 6.07) is 47.9. The molecule has 0 spiro atoms. The number of anilines is 3. The van der Waals surface area contributed by atoms with Gasteiger partial charge in [0.2, 0.25) is 0 Å². The third kappa shape index (κ3) is 5.31. The molecule has 3 heteroatoms. The average molecular weight is 690 g/mol. The van der Waals surface area contributed by atoms with Crippen LogP contribution >= 0.6 is 0 Å². The predicted molar refractivity (Wildman–Crippen MR) is 229 cm³/mol. The SMILES string of the molecule is CC(C)(C)c1ccc2c(c1)Oc1cc(C(C)(C)C)cc3c1B2c1ccc(C(C)(C)C)cc1N3c1c2ccccc2c(-c2ccccc2)c2ccccc12. The summed E-state index contributed by atoms with van der Waals surface area (Å²) < 4.78 is 7.10. The molecule has 0 amide bonds. The molecule has 0 unspecified atom stereocenters. The minimum Gasteiger partial charge on any atom is -0.458 e. The normalized spacial score (nSPS) is 13.8. The van der Waals surface area contributed by atoms with Crippen molar-refractivity contribution in [1.29, 1.82) is 0 Å². The van der Waals surface area contributed by atoms with Crippen molar-refractivity contribution in [2.75, 3.05) is 4.90 Å². The van der Waals surface area contributed by atoms with E-state index in [1.807, 2.05) is 0 Å². The lowest BCUT2D eigenvalue weighted by Gasteiger charge is -2.42. The highest BCUT2D eigenvalue weighted by Crippen LogP contribution is 2.51. The first-order valence-corrected chi connectivity index (χ1v) is 19.1. The molecule has 0 N–H and O–H groups in total. The molecule has 7 aromatic rings. The second kappa shape index (κ2) is 11.6. The topological polar surface area (TPSA) is 12.5 Å². The summed E-state index contributed by atoms with van der Waals surface area (Å²) >= 11 is 0. The molecule has 53 heavy (non-hydrogen) atoms. The Morgan fingerprint density at radius 3 is 1.53 bits per heavy atom. The van der Waals surface area contributed by atoms with Crippen LogP contribution in [0, 0.1) is 0 Å². The van der Waals surface area contributed by atoms with Gasteiger partial charge in [-0.05, 0) is 95.5 Å². The summed E-state index contributed by atoms with van der Waals surface area (Å²) in [5, 5.41) is 4.97. The second-order valence-electron chi connectivity index (χ2n) is 18.2. The van der Waals surface area contributed by atoms with E-state index < -0.39 is 0 Å². The molecular formula is C50H48BNO. The fourth-order valence-electron chi connectivity index (χ4n) is 8.61. The molecule has 2 aliphatic rings. The molecule has 0 aliphatic carbocycles. The number of fused-ring (bicyclic) bond motifs is 6. The number of hydrogen-bond donors (Lipinski definition) is 0. The van der Waals surface area contributed by atoms with Crippen molar-refractivity contribution in [3.8, 4) is 22.6 Å². The summed E-state index contributed by atoms with van der Waals surface area (Å²) in [5.41, 5.74) is 13.7. The molecule has 0 saturated carbocycles. The van der Waals surface area contributed by atoms with Gasteiger partial charge in [0.1, 0.15) is 11.5 Å². The minimum atomic E-state index is -0.0988. The van der Waals surface area contributed by atoms with E-state index in [1.54, 1.807) is 0 Å². The largest absolute Gasteiger partial charge is 0.458 e. The minimum absolute atomic E-state index is 0.00793. The van der Waals surface area contributed by atoms with Crippen LogP contribution in [0.2, 0.25) is 0 Å². The number of rotatable bonds is 2. The van der Waals surface area contributed by atoms with Crippen molar-refractivity contribution < 1.29 is 4.74 Å². The van der Waals surface area contributed by atoms with E-state index >= 15 is 0 Å². The van der Waals surface area contributed by atoms with Gasteiger partial charge in [-0.1, -0.05) is 165 Å². The Bertz CT molecular complexity index is 2540. The maximum Gasteiger partial charge on any atom is 0.256 e. The zero-order valence-electron chi connectivity index (χ0n) is 32.6. The van der Waals surface area contributed by atoms with E-state index in [0.29, 0.717) is 0 Å². The highest BCUT2D eigenvalue weighted by Gasteiger charge is 2.44. The standard InChI is InChI=1S/C50H48BNO/c1-48(2,3)32-23-25-39-41(27-32)52(47-37-21-15-13-19-35(37)45(31-17-11-10-12-18-31)36-20-14-16-22-38(36)47)42-28-34(50(7,8)9)30-44-46(42)51(39)40-26-24-33(49(4,5)6)29-43(40)53-44/h10-30H,1-9H3. The summed E-state index contributed by atoms with van der Waals surface area (Å²) in [5.74, 6) is 1.93. The van der Waals surface area contributed by atoms with Gasteiger partial charge in [0.25, 0.3) is 6.71 Å². The molecule has 9 rings (SSSR count). The van der Waals surface area contributed by atoms with Crippen LogP contribution in [0.3, 0.4) is 0 Å². The molecule has 0 fully saturated rings. The van der Waals surface area contributed by atoms with Crippen molar-refractivity contribution in [3.63, 3.8) is 0 Å². The van der Waals surface area contributed by atoms with Gasteiger partial charge in [-0.2, -0.15) is 0 Å². The second-order valence-corrected chi connectivity index (χ2v) is 18.2. The lowest BCUT2D eigenvalue weighted by atomic mass is 9.34. The summed E-state index contributed by atoms with van der Waals surface area (Å²) in [6.45, 7) is 20.8. The Morgan fingerprint density at radius 2 is 0.943 bits per heavy atom. The molecule has 0 radical (unpaired) electrons. The van der Waals surface area contributed by atoms with E-state index in [1.165, 1.54) is 82.8 Å². The Balaban J connectivity index is 1.44. The van der Waals surface area contributed by atoms with Crippen molar-refractivity contribution >= 4 is 61.7 Å². The highest BCUT2D eigenvalue weighted by atomic mass is 16.5. The van der Waals surface area contributed by atoms with Gasteiger partial charge in [0, 0.05) is 22.1 Å². The average Bonchev–Trinajstić information content (AvgIpc) is 3.12. The van der Waals surface area contributed by atoms with Crippen LogP contribution in [0.15, 0.2) is 127 Å². The van der Waals surface area contributed by atoms with Crippen molar-refractivity contribution in [3.05, 3.63) is 144 Å². The first-order chi connectivity index (χ1) is 25.2. The predicted octanol–water partition coefficient (Wildman–Crippen LogP) is 12.0. The molecule has 2 heterocycles. The van der Waals surface area contributed by atoms with Crippen LogP contribution in [0.1, 0.15) is 79.0 Å². The third-order valence-electron chi connectivity index (χ3n) is 11.6. The number of ether oxygens (including phenoxy) is 1.